The maximum Gasteiger partial charge on any atom is 0.338 e. The maximum absolute atomic E-state index is 13.1. The number of carbonyl (C=O) groups is 2. The van der Waals surface area contributed by atoms with Crippen molar-refractivity contribution in [2.75, 3.05) is 32.0 Å². The summed E-state index contributed by atoms with van der Waals surface area (Å²) in [6.07, 6.45) is 0. The predicted molar refractivity (Wildman–Crippen MR) is 116 cm³/mol. The monoisotopic (exact) mass is 488 g/mol. The van der Waals surface area contributed by atoms with Crippen LogP contribution in [0, 0.1) is 0 Å². The van der Waals surface area contributed by atoms with Crippen LogP contribution < -0.4 is 19.7 Å². The van der Waals surface area contributed by atoms with Gasteiger partial charge in [0.05, 0.1) is 23.9 Å². The Morgan fingerprint density at radius 3 is 2.77 bits per heavy atom. The average molecular weight is 489 g/mol. The largest absolute Gasteiger partial charge is 0.460 e. The van der Waals surface area contributed by atoms with Crippen molar-refractivity contribution in [1.82, 2.24) is 5.32 Å². The molecule has 4 rings (SSSR count). The number of nitrogens with one attached hydrogen (secondary N) is 1. The highest BCUT2D eigenvalue weighted by atomic mass is 79.9. The number of urea groups is 1. The van der Waals surface area contributed by atoms with Crippen LogP contribution >= 0.6 is 15.9 Å². The summed E-state index contributed by atoms with van der Waals surface area (Å²) < 4.78 is 22.0. The molecule has 31 heavy (non-hydrogen) atoms. The van der Waals surface area contributed by atoms with Crippen LogP contribution in [0.15, 0.2) is 58.2 Å². The molecule has 0 saturated carbocycles. The van der Waals surface area contributed by atoms with Crippen LogP contribution in [0.4, 0.5) is 10.5 Å². The van der Waals surface area contributed by atoms with Crippen molar-refractivity contribution in [3.63, 3.8) is 0 Å². The minimum absolute atomic E-state index is 0.106. The molecule has 0 saturated heterocycles. The molecule has 9 heteroatoms. The molecule has 2 heterocycles. The number of rotatable bonds is 6. The molecule has 162 valence electrons. The van der Waals surface area contributed by atoms with Crippen LogP contribution in [0.1, 0.15) is 18.5 Å². The second-order valence-corrected chi connectivity index (χ2v) is 7.85. The standard InChI is InChI=1S/C22H21BrN2O6/c1-13-19(21(26)29-9-8-28-2)20(14-4-3-5-15(23)10-14)24-22(27)25(13)16-6-7-17-18(11-16)31-12-30-17/h3-7,10-11,20H,8-9,12H2,1-2H3,(H,24,27)/t20-/m1/s1. The molecule has 2 aliphatic rings. The summed E-state index contributed by atoms with van der Waals surface area (Å²) in [6.45, 7) is 2.23. The first kappa shape index (κ1) is 21.2. The smallest absolute Gasteiger partial charge is 0.338 e. The van der Waals surface area contributed by atoms with Gasteiger partial charge in [-0.3, -0.25) is 4.90 Å². The van der Waals surface area contributed by atoms with Gasteiger partial charge in [-0.25, -0.2) is 9.59 Å². The van der Waals surface area contributed by atoms with E-state index < -0.39 is 12.0 Å². The molecule has 0 fully saturated rings. The van der Waals surface area contributed by atoms with Crippen LogP contribution in [0.25, 0.3) is 0 Å². The van der Waals surface area contributed by atoms with Crippen molar-refractivity contribution in [2.45, 2.75) is 13.0 Å². The average Bonchev–Trinajstić information content (AvgIpc) is 3.21. The number of ether oxygens (including phenoxy) is 4. The normalized spacial score (nSPS) is 17.6. The van der Waals surface area contributed by atoms with Crippen molar-refractivity contribution in [1.29, 1.82) is 0 Å². The number of hydrogen-bond donors (Lipinski definition) is 1. The van der Waals surface area contributed by atoms with Crippen molar-refractivity contribution in [2.24, 2.45) is 0 Å². The highest BCUT2D eigenvalue weighted by Gasteiger charge is 2.37. The molecule has 0 unspecified atom stereocenters. The zero-order valence-corrected chi connectivity index (χ0v) is 18.6. The topological polar surface area (TPSA) is 86.3 Å². The Balaban J connectivity index is 1.77. The number of carbonyl (C=O) groups excluding carboxylic acids is 2. The fourth-order valence-electron chi connectivity index (χ4n) is 3.57. The first-order valence-electron chi connectivity index (χ1n) is 9.62. The summed E-state index contributed by atoms with van der Waals surface area (Å²) in [5.41, 5.74) is 2.11. The minimum Gasteiger partial charge on any atom is -0.460 e. The molecule has 0 aliphatic carbocycles. The van der Waals surface area contributed by atoms with E-state index in [1.807, 2.05) is 24.3 Å². The second-order valence-electron chi connectivity index (χ2n) is 6.94. The van der Waals surface area contributed by atoms with Gasteiger partial charge in [0.25, 0.3) is 0 Å². The Kier molecular flexibility index (Phi) is 6.15. The van der Waals surface area contributed by atoms with Gasteiger partial charge in [-0.05, 0) is 36.8 Å². The molecule has 1 atom stereocenters. The molecule has 0 spiro atoms. The molecular formula is C22H21BrN2O6. The number of halogens is 1. The molecule has 2 amide bonds. The third-order valence-electron chi connectivity index (χ3n) is 5.02. The lowest BCUT2D eigenvalue weighted by Crippen LogP contribution is -2.48. The molecule has 2 aliphatic heterocycles. The van der Waals surface area contributed by atoms with E-state index in [2.05, 4.69) is 21.2 Å². The molecule has 1 N–H and O–H groups in total. The van der Waals surface area contributed by atoms with Gasteiger partial charge in [0.2, 0.25) is 6.79 Å². The Morgan fingerprint density at radius 1 is 1.19 bits per heavy atom. The molecule has 2 aromatic rings. The maximum atomic E-state index is 13.1. The summed E-state index contributed by atoms with van der Waals surface area (Å²) in [4.78, 5) is 27.6. The lowest BCUT2D eigenvalue weighted by molar-refractivity contribution is -0.140. The number of anilines is 1. The highest BCUT2D eigenvalue weighted by molar-refractivity contribution is 9.10. The van der Waals surface area contributed by atoms with Crippen LogP contribution in [0.5, 0.6) is 11.5 Å². The number of hydrogen-bond acceptors (Lipinski definition) is 6. The summed E-state index contributed by atoms with van der Waals surface area (Å²) >= 11 is 3.45. The zero-order valence-electron chi connectivity index (χ0n) is 17.0. The summed E-state index contributed by atoms with van der Waals surface area (Å²) in [6, 6.07) is 11.6. The van der Waals surface area contributed by atoms with Gasteiger partial charge in [-0.1, -0.05) is 28.1 Å². The third-order valence-corrected chi connectivity index (χ3v) is 5.51. The van der Waals surface area contributed by atoms with Crippen LogP contribution in [0.2, 0.25) is 0 Å². The van der Waals surface area contributed by atoms with E-state index >= 15 is 0 Å². The van der Waals surface area contributed by atoms with Gasteiger partial charge < -0.3 is 24.3 Å². The summed E-state index contributed by atoms with van der Waals surface area (Å²) in [7, 11) is 1.53. The Hall–Kier alpha value is -3.04. The van der Waals surface area contributed by atoms with E-state index in [4.69, 9.17) is 18.9 Å². The van der Waals surface area contributed by atoms with Crippen LogP contribution in [0.3, 0.4) is 0 Å². The second kappa shape index (κ2) is 8.99. The Bertz CT molecular complexity index is 1050. The lowest BCUT2D eigenvalue weighted by atomic mass is 9.94. The van der Waals surface area contributed by atoms with Crippen molar-refractivity contribution >= 4 is 33.6 Å². The minimum atomic E-state index is -0.662. The van der Waals surface area contributed by atoms with Gasteiger partial charge in [-0.15, -0.1) is 0 Å². The molecule has 0 radical (unpaired) electrons. The van der Waals surface area contributed by atoms with Gasteiger partial charge in [0.15, 0.2) is 11.5 Å². The lowest BCUT2D eigenvalue weighted by Gasteiger charge is -2.35. The molecule has 0 bridgehead atoms. The van der Waals surface area contributed by atoms with E-state index in [1.165, 1.54) is 12.0 Å². The fraction of sp³-hybridized carbons (Fsp3) is 0.273. The van der Waals surface area contributed by atoms with Crippen LogP contribution in [-0.2, 0) is 14.3 Å². The van der Waals surface area contributed by atoms with E-state index in [9.17, 15) is 9.59 Å². The van der Waals surface area contributed by atoms with Gasteiger partial charge >= 0.3 is 12.0 Å². The quantitative estimate of drug-likeness (QED) is 0.489. The van der Waals surface area contributed by atoms with Gasteiger partial charge in [0, 0.05) is 23.3 Å². The Labute approximate surface area is 187 Å². The molecule has 2 aromatic carbocycles. The first-order valence-corrected chi connectivity index (χ1v) is 10.4. The summed E-state index contributed by atoms with van der Waals surface area (Å²) in [5.74, 6) is 0.621. The van der Waals surface area contributed by atoms with Crippen molar-refractivity contribution in [3.8, 4) is 11.5 Å². The number of esters is 1. The number of amides is 2. The first-order chi connectivity index (χ1) is 15.0. The SMILES string of the molecule is COCCOC(=O)C1=C(C)N(c2ccc3c(c2)OCO3)C(=O)N[C@@H]1c1cccc(Br)c1. The molecular weight excluding hydrogens is 468 g/mol. The number of allylic oxidation sites excluding steroid dienone is 1. The van der Waals surface area contributed by atoms with E-state index in [-0.39, 0.29) is 26.0 Å². The van der Waals surface area contributed by atoms with Crippen molar-refractivity contribution in [3.05, 3.63) is 63.8 Å². The third kappa shape index (κ3) is 4.24. The fourth-order valence-corrected chi connectivity index (χ4v) is 3.99. The molecule has 0 aromatic heterocycles. The number of nitrogens with zero attached hydrogens (tertiary/aromatic N) is 1. The zero-order chi connectivity index (χ0) is 22.0. The summed E-state index contributed by atoms with van der Waals surface area (Å²) in [5, 5.41) is 2.93. The number of benzene rings is 2. The Morgan fingerprint density at radius 2 is 2.00 bits per heavy atom. The number of fused-ring (bicyclic) bond motifs is 1. The van der Waals surface area contributed by atoms with Crippen molar-refractivity contribution < 1.29 is 28.5 Å². The van der Waals surface area contributed by atoms with E-state index in [0.717, 1.165) is 10.0 Å². The molecule has 8 nitrogen and oxygen atoms in total. The highest BCUT2D eigenvalue weighted by Crippen LogP contribution is 2.39. The number of methoxy groups -OCH3 is 1. The van der Waals surface area contributed by atoms with Gasteiger partial charge in [0.1, 0.15) is 6.61 Å². The van der Waals surface area contributed by atoms with Crippen LogP contribution in [-0.4, -0.2) is 39.1 Å². The van der Waals surface area contributed by atoms with Gasteiger partial charge in [-0.2, -0.15) is 0 Å². The predicted octanol–water partition coefficient (Wildman–Crippen LogP) is 3.91. The van der Waals surface area contributed by atoms with E-state index in [0.29, 0.717) is 28.5 Å². The van der Waals surface area contributed by atoms with E-state index in [1.54, 1.807) is 25.1 Å².